The molecule has 0 spiro atoms. The molecule has 32 heavy (non-hydrogen) atoms. The van der Waals surface area contributed by atoms with E-state index in [1.54, 1.807) is 12.1 Å². The summed E-state index contributed by atoms with van der Waals surface area (Å²) >= 11 is 0. The SMILES string of the molecule is Cc1cccc(-c2cnc(C)nc2[C@@H]2CCCN(C(=O)c3cc4cc(F)ccc4[nH]3)C2)c1. The largest absolute Gasteiger partial charge is 0.351 e. The smallest absolute Gasteiger partial charge is 0.270 e. The quantitative estimate of drug-likeness (QED) is 0.475. The van der Waals surface area contributed by atoms with E-state index >= 15 is 0 Å². The number of H-pyrrole nitrogens is 1. The number of hydrogen-bond acceptors (Lipinski definition) is 3. The molecule has 1 fully saturated rings. The van der Waals surface area contributed by atoms with E-state index in [9.17, 15) is 9.18 Å². The number of hydrogen-bond donors (Lipinski definition) is 1. The monoisotopic (exact) mass is 428 g/mol. The molecule has 0 saturated carbocycles. The van der Waals surface area contributed by atoms with E-state index < -0.39 is 0 Å². The highest BCUT2D eigenvalue weighted by molar-refractivity contribution is 5.98. The van der Waals surface area contributed by atoms with Gasteiger partial charge in [0.1, 0.15) is 17.3 Å². The van der Waals surface area contributed by atoms with Crippen molar-refractivity contribution in [1.82, 2.24) is 19.9 Å². The Morgan fingerprint density at radius 2 is 2.03 bits per heavy atom. The number of nitrogens with zero attached hydrogens (tertiary/aromatic N) is 3. The van der Waals surface area contributed by atoms with Gasteiger partial charge < -0.3 is 9.88 Å². The fourth-order valence-electron chi connectivity index (χ4n) is 4.61. The second-order valence-corrected chi connectivity index (χ2v) is 8.59. The van der Waals surface area contributed by atoms with Crippen LogP contribution in [-0.4, -0.2) is 38.8 Å². The zero-order valence-electron chi connectivity index (χ0n) is 18.2. The Bertz CT molecular complexity index is 1310. The van der Waals surface area contributed by atoms with Crippen molar-refractivity contribution < 1.29 is 9.18 Å². The summed E-state index contributed by atoms with van der Waals surface area (Å²) in [6.07, 6.45) is 3.78. The molecule has 5 nitrogen and oxygen atoms in total. The van der Waals surface area contributed by atoms with E-state index in [-0.39, 0.29) is 17.6 Å². The van der Waals surface area contributed by atoms with Gasteiger partial charge in [0, 0.05) is 41.7 Å². The second kappa shape index (κ2) is 8.19. The number of likely N-dealkylation sites (tertiary alicyclic amines) is 1. The van der Waals surface area contributed by atoms with E-state index in [1.165, 1.54) is 17.7 Å². The predicted octanol–water partition coefficient (Wildman–Crippen LogP) is 5.40. The van der Waals surface area contributed by atoms with Crippen LogP contribution >= 0.6 is 0 Å². The van der Waals surface area contributed by atoms with Gasteiger partial charge in [0.2, 0.25) is 0 Å². The van der Waals surface area contributed by atoms with Crippen LogP contribution in [0.2, 0.25) is 0 Å². The minimum atomic E-state index is -0.309. The summed E-state index contributed by atoms with van der Waals surface area (Å²) in [5, 5.41) is 0.704. The average Bonchev–Trinajstić information content (AvgIpc) is 3.22. The number of benzene rings is 2. The molecule has 1 aliphatic heterocycles. The van der Waals surface area contributed by atoms with Crippen LogP contribution in [0.15, 0.2) is 54.7 Å². The molecule has 0 unspecified atom stereocenters. The molecule has 0 aliphatic carbocycles. The fourth-order valence-corrected chi connectivity index (χ4v) is 4.61. The van der Waals surface area contributed by atoms with Gasteiger partial charge in [0.05, 0.1) is 5.69 Å². The molecule has 162 valence electrons. The summed E-state index contributed by atoms with van der Waals surface area (Å²) in [7, 11) is 0. The maximum atomic E-state index is 13.6. The molecule has 3 heterocycles. The number of aromatic amines is 1. The molecule has 0 bridgehead atoms. The normalized spacial score (nSPS) is 16.5. The topological polar surface area (TPSA) is 61.9 Å². The van der Waals surface area contributed by atoms with Crippen LogP contribution in [-0.2, 0) is 0 Å². The van der Waals surface area contributed by atoms with E-state index in [1.807, 2.05) is 24.1 Å². The average molecular weight is 429 g/mol. The minimum absolute atomic E-state index is 0.0609. The Balaban J connectivity index is 1.45. The molecule has 4 aromatic rings. The number of halogens is 1. The molecule has 1 saturated heterocycles. The highest BCUT2D eigenvalue weighted by Crippen LogP contribution is 2.34. The lowest BCUT2D eigenvalue weighted by atomic mass is 9.89. The molecule has 1 amide bonds. The Hall–Kier alpha value is -3.54. The Morgan fingerprint density at radius 1 is 1.16 bits per heavy atom. The van der Waals surface area contributed by atoms with Gasteiger partial charge in [-0.15, -0.1) is 0 Å². The maximum Gasteiger partial charge on any atom is 0.270 e. The molecule has 1 atom stereocenters. The van der Waals surface area contributed by atoms with E-state index in [0.29, 0.717) is 24.2 Å². The summed E-state index contributed by atoms with van der Waals surface area (Å²) in [5.41, 5.74) is 5.56. The highest BCUT2D eigenvalue weighted by Gasteiger charge is 2.29. The first-order valence-electron chi connectivity index (χ1n) is 11.0. The number of carbonyl (C=O) groups is 1. The molecule has 1 aliphatic rings. The van der Waals surface area contributed by atoms with E-state index in [0.717, 1.165) is 41.0 Å². The lowest BCUT2D eigenvalue weighted by molar-refractivity contribution is 0.0701. The second-order valence-electron chi connectivity index (χ2n) is 8.59. The number of aryl methyl sites for hydroxylation is 2. The van der Waals surface area contributed by atoms with Crippen LogP contribution in [0, 0.1) is 19.7 Å². The molecule has 1 N–H and O–H groups in total. The van der Waals surface area contributed by atoms with Gasteiger partial charge in [-0.05, 0) is 56.5 Å². The molecule has 6 heteroatoms. The number of nitrogens with one attached hydrogen (secondary N) is 1. The summed E-state index contributed by atoms with van der Waals surface area (Å²) in [5.74, 6) is 0.495. The van der Waals surface area contributed by atoms with Crippen LogP contribution in [0.5, 0.6) is 0 Å². The van der Waals surface area contributed by atoms with Crippen LogP contribution in [0.1, 0.15) is 46.3 Å². The zero-order valence-corrected chi connectivity index (χ0v) is 18.2. The first-order valence-corrected chi connectivity index (χ1v) is 11.0. The number of fused-ring (bicyclic) bond motifs is 1. The number of rotatable bonds is 3. The van der Waals surface area contributed by atoms with Crippen molar-refractivity contribution in [1.29, 1.82) is 0 Å². The van der Waals surface area contributed by atoms with Gasteiger partial charge in [-0.3, -0.25) is 4.79 Å². The Morgan fingerprint density at radius 3 is 2.88 bits per heavy atom. The van der Waals surface area contributed by atoms with Crippen molar-refractivity contribution in [3.63, 3.8) is 0 Å². The van der Waals surface area contributed by atoms with Gasteiger partial charge in [-0.2, -0.15) is 0 Å². The number of carbonyl (C=O) groups excluding carboxylic acids is 1. The maximum absolute atomic E-state index is 13.6. The lowest BCUT2D eigenvalue weighted by Gasteiger charge is -2.33. The van der Waals surface area contributed by atoms with Crippen molar-refractivity contribution >= 4 is 16.8 Å². The summed E-state index contributed by atoms with van der Waals surface area (Å²) < 4.78 is 13.6. The summed E-state index contributed by atoms with van der Waals surface area (Å²) in [4.78, 5) is 27.6. The number of aromatic nitrogens is 3. The van der Waals surface area contributed by atoms with Crippen molar-refractivity contribution in [2.24, 2.45) is 0 Å². The van der Waals surface area contributed by atoms with Crippen molar-refractivity contribution in [3.8, 4) is 11.1 Å². The van der Waals surface area contributed by atoms with Gasteiger partial charge in [-0.1, -0.05) is 29.8 Å². The molecule has 2 aromatic heterocycles. The molecular formula is C26H25FN4O. The predicted molar refractivity (Wildman–Crippen MR) is 123 cm³/mol. The zero-order chi connectivity index (χ0) is 22.2. The lowest BCUT2D eigenvalue weighted by Crippen LogP contribution is -2.39. The molecular weight excluding hydrogens is 403 g/mol. The van der Waals surface area contributed by atoms with Crippen molar-refractivity contribution in [2.75, 3.05) is 13.1 Å². The molecule has 5 rings (SSSR count). The van der Waals surface area contributed by atoms with Gasteiger partial charge in [0.15, 0.2) is 0 Å². The van der Waals surface area contributed by atoms with Crippen LogP contribution in [0.25, 0.3) is 22.0 Å². The third-order valence-corrected chi connectivity index (χ3v) is 6.18. The summed E-state index contributed by atoms with van der Waals surface area (Å²) in [6, 6.07) is 14.6. The van der Waals surface area contributed by atoms with Crippen molar-refractivity contribution in [3.05, 3.63) is 83.3 Å². The van der Waals surface area contributed by atoms with Gasteiger partial charge >= 0.3 is 0 Å². The van der Waals surface area contributed by atoms with E-state index in [4.69, 9.17) is 4.98 Å². The summed E-state index contributed by atoms with van der Waals surface area (Å²) in [6.45, 7) is 5.27. The van der Waals surface area contributed by atoms with Crippen LogP contribution in [0.4, 0.5) is 4.39 Å². The minimum Gasteiger partial charge on any atom is -0.351 e. The highest BCUT2D eigenvalue weighted by atomic mass is 19.1. The van der Waals surface area contributed by atoms with Crippen LogP contribution in [0.3, 0.4) is 0 Å². The van der Waals surface area contributed by atoms with Crippen LogP contribution < -0.4 is 0 Å². The molecule has 2 aromatic carbocycles. The molecule has 0 radical (unpaired) electrons. The fraction of sp³-hybridized carbons (Fsp3) is 0.269. The van der Waals surface area contributed by atoms with E-state index in [2.05, 4.69) is 35.1 Å². The number of piperidine rings is 1. The third kappa shape index (κ3) is 3.88. The van der Waals surface area contributed by atoms with Crippen molar-refractivity contribution in [2.45, 2.75) is 32.6 Å². The standard InChI is InChI=1S/C26H25FN4O/c1-16-5-3-6-18(11-16)22-14-28-17(2)29-25(22)19-7-4-10-31(15-19)26(32)24-13-20-12-21(27)8-9-23(20)30-24/h3,5-6,8-9,11-14,19,30H,4,7,10,15H2,1-2H3/t19-/m1/s1. The third-order valence-electron chi connectivity index (χ3n) is 6.18. The first kappa shape index (κ1) is 20.4. The Labute approximate surface area is 186 Å². The van der Waals surface area contributed by atoms with Gasteiger partial charge in [-0.25, -0.2) is 14.4 Å². The first-order chi connectivity index (χ1) is 15.5. The number of amides is 1. The Kier molecular flexibility index (Phi) is 5.21. The van der Waals surface area contributed by atoms with Gasteiger partial charge in [0.25, 0.3) is 5.91 Å².